The molecule has 6 heteroatoms. The number of amides is 2. The molecule has 1 aliphatic rings. The molecule has 2 heterocycles. The van der Waals surface area contributed by atoms with Gasteiger partial charge in [0.2, 0.25) is 5.91 Å². The molecule has 0 bridgehead atoms. The molecule has 35 heavy (non-hydrogen) atoms. The smallest absolute Gasteiger partial charge is 0.254 e. The lowest BCUT2D eigenvalue weighted by molar-refractivity contribution is -0.139. The highest BCUT2D eigenvalue weighted by atomic mass is 16.2. The van der Waals surface area contributed by atoms with Crippen LogP contribution in [0.2, 0.25) is 0 Å². The molecule has 0 saturated carbocycles. The van der Waals surface area contributed by atoms with Crippen molar-refractivity contribution < 1.29 is 9.59 Å². The van der Waals surface area contributed by atoms with Crippen molar-refractivity contribution in [2.24, 2.45) is 0 Å². The Kier molecular flexibility index (Phi) is 7.29. The number of rotatable bonds is 6. The lowest BCUT2D eigenvalue weighted by Gasteiger charge is -2.48. The molecule has 4 rings (SSSR count). The number of hydrogen-bond acceptors (Lipinski definition) is 4. The first-order chi connectivity index (χ1) is 16.7. The molecule has 1 aromatic heterocycles. The molecule has 1 saturated heterocycles. The number of hydrogen-bond donors (Lipinski definition) is 1. The van der Waals surface area contributed by atoms with Gasteiger partial charge in [-0.3, -0.25) is 9.59 Å². The average molecular weight is 471 g/mol. The van der Waals surface area contributed by atoms with Crippen molar-refractivity contribution in [3.8, 4) is 0 Å². The van der Waals surface area contributed by atoms with Gasteiger partial charge in [-0.15, -0.1) is 0 Å². The minimum Gasteiger partial charge on any atom is -0.349 e. The van der Waals surface area contributed by atoms with Crippen molar-refractivity contribution in [3.05, 3.63) is 94.6 Å². The van der Waals surface area contributed by atoms with Crippen LogP contribution < -0.4 is 5.32 Å². The van der Waals surface area contributed by atoms with Crippen LogP contribution in [0.3, 0.4) is 0 Å². The monoisotopic (exact) mass is 470 g/mol. The van der Waals surface area contributed by atoms with Crippen molar-refractivity contribution in [2.45, 2.75) is 65.0 Å². The largest absolute Gasteiger partial charge is 0.349 e. The fourth-order valence-electron chi connectivity index (χ4n) is 5.40. The first-order valence-electron chi connectivity index (χ1n) is 12.2. The number of carbonyl (C=O) groups is 2. The van der Waals surface area contributed by atoms with Gasteiger partial charge in [0.1, 0.15) is 6.33 Å². The quantitative estimate of drug-likeness (QED) is 0.581. The van der Waals surface area contributed by atoms with E-state index in [9.17, 15) is 9.59 Å². The van der Waals surface area contributed by atoms with Gasteiger partial charge in [0.15, 0.2) is 0 Å². The molecule has 2 unspecified atom stereocenters. The Morgan fingerprint density at radius 2 is 1.69 bits per heavy atom. The lowest BCUT2D eigenvalue weighted by Crippen LogP contribution is -2.60. The third-order valence-corrected chi connectivity index (χ3v) is 6.80. The van der Waals surface area contributed by atoms with Gasteiger partial charge < -0.3 is 10.2 Å². The zero-order valence-electron chi connectivity index (χ0n) is 21.0. The van der Waals surface area contributed by atoms with Gasteiger partial charge in [-0.1, -0.05) is 59.2 Å². The Morgan fingerprint density at radius 3 is 2.37 bits per heavy atom. The topological polar surface area (TPSA) is 75.2 Å². The highest BCUT2D eigenvalue weighted by Crippen LogP contribution is 2.33. The Balaban J connectivity index is 1.57. The average Bonchev–Trinajstić information content (AvgIpc) is 2.78. The third kappa shape index (κ3) is 6.13. The van der Waals surface area contributed by atoms with Crippen LogP contribution in [0.25, 0.3) is 0 Å². The van der Waals surface area contributed by atoms with E-state index < -0.39 is 5.54 Å². The van der Waals surface area contributed by atoms with Crippen LogP contribution >= 0.6 is 0 Å². The molecule has 3 aromatic rings. The van der Waals surface area contributed by atoms with E-state index in [1.807, 2.05) is 30.0 Å². The SMILES string of the molecule is Cc1cccc(CC(=O)N2CCC(NC(=O)c3cncnc3)CC2(C)Cc2cc(C)cc(C)c2)c1. The minimum absolute atomic E-state index is 0.0402. The fraction of sp³-hybridized carbons (Fsp3) is 0.379. The van der Waals surface area contributed by atoms with Gasteiger partial charge in [0.25, 0.3) is 5.91 Å². The molecule has 6 nitrogen and oxygen atoms in total. The van der Waals surface area contributed by atoms with Crippen LogP contribution in [0.15, 0.2) is 61.2 Å². The number of nitrogens with one attached hydrogen (secondary N) is 1. The van der Waals surface area contributed by atoms with Crippen molar-refractivity contribution in [2.75, 3.05) is 6.54 Å². The van der Waals surface area contributed by atoms with Crippen molar-refractivity contribution in [1.29, 1.82) is 0 Å². The van der Waals surface area contributed by atoms with E-state index in [1.165, 1.54) is 35.4 Å². The van der Waals surface area contributed by atoms with E-state index in [1.54, 1.807) is 0 Å². The number of nitrogens with zero attached hydrogens (tertiary/aromatic N) is 3. The number of aromatic nitrogens is 2. The minimum atomic E-state index is -0.426. The normalized spacial score (nSPS) is 19.9. The van der Waals surface area contributed by atoms with Crippen LogP contribution in [-0.2, 0) is 17.6 Å². The van der Waals surface area contributed by atoms with Gasteiger partial charge >= 0.3 is 0 Å². The van der Waals surface area contributed by atoms with Crippen LogP contribution in [0.5, 0.6) is 0 Å². The Morgan fingerprint density at radius 1 is 1.00 bits per heavy atom. The predicted molar refractivity (Wildman–Crippen MR) is 137 cm³/mol. The molecule has 0 radical (unpaired) electrons. The van der Waals surface area contributed by atoms with Crippen molar-refractivity contribution >= 4 is 11.8 Å². The molecule has 1 N–H and O–H groups in total. The molecule has 1 fully saturated rings. The van der Waals surface area contributed by atoms with Crippen molar-refractivity contribution in [1.82, 2.24) is 20.2 Å². The third-order valence-electron chi connectivity index (χ3n) is 6.80. The van der Waals surface area contributed by atoms with Gasteiger partial charge in [0.05, 0.1) is 12.0 Å². The summed E-state index contributed by atoms with van der Waals surface area (Å²) in [6.45, 7) is 9.01. The van der Waals surface area contributed by atoms with Gasteiger partial charge in [-0.25, -0.2) is 9.97 Å². The molecule has 2 aromatic carbocycles. The van der Waals surface area contributed by atoms with E-state index in [0.717, 1.165) is 17.5 Å². The molecular weight excluding hydrogens is 436 g/mol. The number of piperidine rings is 1. The Bertz CT molecular complexity index is 1190. The predicted octanol–water partition coefficient (Wildman–Crippen LogP) is 4.37. The number of benzene rings is 2. The summed E-state index contributed by atoms with van der Waals surface area (Å²) >= 11 is 0. The van der Waals surface area contributed by atoms with Gasteiger partial charge in [0, 0.05) is 30.5 Å². The molecule has 0 spiro atoms. The summed E-state index contributed by atoms with van der Waals surface area (Å²) in [7, 11) is 0. The maximum atomic E-state index is 13.6. The van der Waals surface area contributed by atoms with Crippen LogP contribution in [0, 0.1) is 20.8 Å². The summed E-state index contributed by atoms with van der Waals surface area (Å²) in [4.78, 5) is 36.3. The van der Waals surface area contributed by atoms with Crippen molar-refractivity contribution in [3.63, 3.8) is 0 Å². The second kappa shape index (κ2) is 10.4. The van der Waals surface area contributed by atoms with Crippen LogP contribution in [0.4, 0.5) is 0 Å². The summed E-state index contributed by atoms with van der Waals surface area (Å²) in [6.07, 6.45) is 6.96. The zero-order valence-corrected chi connectivity index (χ0v) is 21.0. The zero-order chi connectivity index (χ0) is 25.0. The standard InChI is InChI=1S/C29H34N4O2/c1-20-6-5-7-23(11-20)14-27(34)33-9-8-26(32-28(35)25-17-30-19-31-18-25)16-29(33,4)15-24-12-21(2)10-22(3)13-24/h5-7,10-13,17-19,26H,8-9,14-16H2,1-4H3,(H,32,35). The van der Waals surface area contributed by atoms with Crippen LogP contribution in [0.1, 0.15) is 57.9 Å². The number of aryl methyl sites for hydroxylation is 3. The molecule has 0 aliphatic carbocycles. The number of likely N-dealkylation sites (tertiary alicyclic amines) is 1. The van der Waals surface area contributed by atoms with E-state index >= 15 is 0 Å². The molecular formula is C29H34N4O2. The summed E-state index contributed by atoms with van der Waals surface area (Å²) in [5, 5.41) is 3.16. The van der Waals surface area contributed by atoms with Gasteiger partial charge in [-0.2, -0.15) is 0 Å². The lowest BCUT2D eigenvalue weighted by atomic mass is 9.79. The second-order valence-corrected chi connectivity index (χ2v) is 10.2. The van der Waals surface area contributed by atoms with Crippen LogP contribution in [-0.4, -0.2) is 44.8 Å². The summed E-state index contributed by atoms with van der Waals surface area (Å²) < 4.78 is 0. The van der Waals surface area contributed by atoms with E-state index in [0.29, 0.717) is 31.4 Å². The Labute approximate surface area is 207 Å². The Hall–Kier alpha value is -3.54. The fourth-order valence-corrected chi connectivity index (χ4v) is 5.40. The summed E-state index contributed by atoms with van der Waals surface area (Å²) in [5.41, 5.74) is 5.84. The maximum Gasteiger partial charge on any atom is 0.254 e. The molecule has 2 atom stereocenters. The van der Waals surface area contributed by atoms with E-state index in [-0.39, 0.29) is 17.9 Å². The van der Waals surface area contributed by atoms with E-state index in [2.05, 4.69) is 60.3 Å². The number of carbonyl (C=O) groups excluding carboxylic acids is 2. The second-order valence-electron chi connectivity index (χ2n) is 10.2. The molecule has 2 amide bonds. The van der Waals surface area contributed by atoms with E-state index in [4.69, 9.17) is 0 Å². The highest BCUT2D eigenvalue weighted by Gasteiger charge is 2.41. The first kappa shape index (κ1) is 24.6. The maximum absolute atomic E-state index is 13.6. The highest BCUT2D eigenvalue weighted by molar-refractivity contribution is 5.93. The molecule has 182 valence electrons. The summed E-state index contributed by atoms with van der Waals surface area (Å²) in [6, 6.07) is 14.7. The molecule has 1 aliphatic heterocycles. The first-order valence-corrected chi connectivity index (χ1v) is 12.2. The van der Waals surface area contributed by atoms with Gasteiger partial charge in [-0.05, 0) is 58.1 Å². The summed E-state index contributed by atoms with van der Waals surface area (Å²) in [5.74, 6) is -0.0485.